The van der Waals surface area contributed by atoms with Crippen molar-refractivity contribution in [1.82, 2.24) is 35.6 Å². The van der Waals surface area contributed by atoms with E-state index in [0.717, 1.165) is 26.4 Å². The highest BCUT2D eigenvalue weighted by Crippen LogP contribution is 2.38. The Balaban J connectivity index is 0.842. The monoisotopic (exact) mass is 2200 g/mol. The summed E-state index contributed by atoms with van der Waals surface area (Å²) in [6.07, 6.45) is -65.1. The maximum Gasteiger partial charge on any atom is 0.397 e. The van der Waals surface area contributed by atoms with Gasteiger partial charge in [-0.05, 0) is 49.2 Å². The van der Waals surface area contributed by atoms with Gasteiger partial charge < -0.3 is 177 Å². The SMILES string of the molecule is CO[C@H]1C(COS(=O)(=O)O)O[C@@H](O[C@@H]2C(C(O)O)O[C@@H](OCC(O)[C@@H](O)[C@@H](O)C(O)CNc3cccc(NC(=O)CCN(CCNC(=O)CCNC(=O)CCCCC4SC[C@H]5NC(=O)N[C@@H]45)CCC(=O)Nc4cccc(NCC(O)[C@H](O)[C@H](O)C(O)CO[C@@H]5OC(C(O)O)[C@@H](O[C@@H]6OC(COS(=O)(=O)O)[C@H](OC)[C@@H](O)C6NS(=O)(=O)O)[C@@H](O)C5OS(=O)(=O)O)c4)c3)C(OS(=O)(=O)O)[C@@H]2O)C(NS(=O)(=O)O)[C@@H]1O. The molecule has 6 heterocycles. The molecule has 0 aliphatic carbocycles. The molecule has 6 aliphatic rings. The fourth-order valence-electron chi connectivity index (χ4n) is 15.4. The minimum atomic E-state index is -5.76. The largest absolute Gasteiger partial charge is 0.397 e. The van der Waals surface area contributed by atoms with Gasteiger partial charge >= 0.3 is 68.2 Å². The number of methoxy groups -OCH3 is 2. The Morgan fingerprint density at radius 2 is 0.866 bits per heavy atom. The van der Waals surface area contributed by atoms with Crippen LogP contribution in [-0.4, -0.2) is 488 Å². The highest BCUT2D eigenvalue weighted by atomic mass is 32.3. The van der Waals surface area contributed by atoms with E-state index >= 15 is 0 Å². The Morgan fingerprint density at radius 1 is 0.465 bits per heavy atom. The van der Waals surface area contributed by atoms with Crippen molar-refractivity contribution in [1.29, 1.82) is 0 Å². The van der Waals surface area contributed by atoms with Crippen LogP contribution >= 0.6 is 11.8 Å². The smallest absolute Gasteiger partial charge is 0.388 e. The highest BCUT2D eigenvalue weighted by Gasteiger charge is 2.59. The second kappa shape index (κ2) is 54.2. The zero-order valence-electron chi connectivity index (χ0n) is 74.4. The van der Waals surface area contributed by atoms with Crippen LogP contribution in [-0.2, 0) is 145 Å². The Labute approximate surface area is 813 Å². The summed E-state index contributed by atoms with van der Waals surface area (Å²) in [7, 11) is -31.1. The number of rotatable bonds is 59. The van der Waals surface area contributed by atoms with Crippen molar-refractivity contribution in [3.8, 4) is 0 Å². The molecule has 32 N–H and O–H groups in total. The molecule has 6 amide bonds. The van der Waals surface area contributed by atoms with Crippen molar-refractivity contribution in [2.45, 2.75) is 246 Å². The van der Waals surface area contributed by atoms with Crippen LogP contribution in [0.25, 0.3) is 0 Å². The van der Waals surface area contributed by atoms with E-state index in [9.17, 15) is 184 Å². The van der Waals surface area contributed by atoms with Crippen LogP contribution < -0.4 is 52.0 Å². The van der Waals surface area contributed by atoms with Crippen LogP contribution in [0.4, 0.5) is 27.5 Å². The van der Waals surface area contributed by atoms with Crippen LogP contribution in [0.1, 0.15) is 44.9 Å². The lowest BCUT2D eigenvalue weighted by Crippen LogP contribution is -2.69. The summed E-state index contributed by atoms with van der Waals surface area (Å²) in [4.78, 5) is 66.6. The zero-order chi connectivity index (χ0) is 106. The lowest BCUT2D eigenvalue weighted by Gasteiger charge is -2.48. The van der Waals surface area contributed by atoms with Crippen LogP contribution in [0.3, 0.4) is 0 Å². The number of hydrogen-bond acceptors (Lipinski definition) is 51. The number of unbranched alkanes of at least 4 members (excludes halogenated alkanes) is 1. The van der Waals surface area contributed by atoms with Gasteiger partial charge in [0.2, 0.25) is 23.6 Å². The van der Waals surface area contributed by atoms with Gasteiger partial charge in [-0.25, -0.2) is 21.5 Å². The van der Waals surface area contributed by atoms with Gasteiger partial charge in [0.15, 0.2) is 49.9 Å². The number of aliphatic hydroxyl groups excluding tert-OH is 14. The van der Waals surface area contributed by atoms with Gasteiger partial charge in [-0.15, -0.1) is 0 Å². The minimum Gasteiger partial charge on any atom is -0.388 e. The fourth-order valence-corrected chi connectivity index (χ4v) is 19.7. The molecule has 0 saturated carbocycles. The Morgan fingerprint density at radius 3 is 1.26 bits per heavy atom. The third kappa shape index (κ3) is 38.4. The number of ether oxygens (including phenoxy) is 10. The van der Waals surface area contributed by atoms with Crippen molar-refractivity contribution in [2.75, 3.05) is 113 Å². The molecule has 64 nitrogen and oxygen atoms in total. The number of nitrogens with one attached hydrogen (secondary N) is 10. The van der Waals surface area contributed by atoms with Crippen molar-refractivity contribution >= 4 is 126 Å². The average Bonchev–Trinajstić information content (AvgIpc) is 1.10. The Hall–Kier alpha value is -6.32. The maximum absolute atomic E-state index is 13.7. The van der Waals surface area contributed by atoms with Gasteiger partial charge in [-0.2, -0.15) is 71.7 Å². The van der Waals surface area contributed by atoms with E-state index in [1.54, 1.807) is 16.7 Å². The molecule has 6 saturated heterocycles. The van der Waals surface area contributed by atoms with Crippen LogP contribution in [0, 0.1) is 0 Å². The number of urea groups is 1. The van der Waals surface area contributed by atoms with Gasteiger partial charge in [0, 0.05) is 119 Å². The molecule has 816 valence electrons. The van der Waals surface area contributed by atoms with Gasteiger partial charge in [-0.1, -0.05) is 18.6 Å². The van der Waals surface area contributed by atoms with E-state index in [-0.39, 0.29) is 110 Å². The van der Waals surface area contributed by atoms with Crippen molar-refractivity contribution in [3.05, 3.63) is 48.5 Å². The van der Waals surface area contributed by atoms with E-state index in [1.807, 2.05) is 0 Å². The molecule has 13 unspecified atom stereocenters. The maximum atomic E-state index is 13.7. The summed E-state index contributed by atoms with van der Waals surface area (Å²) < 4.78 is 273. The van der Waals surface area contributed by atoms with Crippen LogP contribution in [0.2, 0.25) is 0 Å². The first kappa shape index (κ1) is 121. The fraction of sp³-hybridized carbons (Fsp3) is 0.761. The lowest BCUT2D eigenvalue weighted by molar-refractivity contribution is -0.363. The van der Waals surface area contributed by atoms with Gasteiger partial charge in [-0.3, -0.25) is 46.5 Å². The molecule has 2 aromatic carbocycles. The second-order valence-corrected chi connectivity index (χ2v) is 40.6. The third-order valence-corrected chi connectivity index (χ3v) is 26.7. The molecule has 31 atom stereocenters. The van der Waals surface area contributed by atoms with Crippen molar-refractivity contribution in [2.24, 2.45) is 0 Å². The number of aliphatic hydroxyl groups is 16. The summed E-state index contributed by atoms with van der Waals surface area (Å²) in [5.41, 5.74) is 0.552. The predicted octanol–water partition coefficient (Wildman–Crippen LogP) is -14.3. The van der Waals surface area contributed by atoms with Gasteiger partial charge in [0.25, 0.3) is 0 Å². The van der Waals surface area contributed by atoms with Crippen molar-refractivity contribution < 1.29 is 248 Å². The molecule has 6 aliphatic heterocycles. The number of carbonyl (C=O) groups is 5. The van der Waals surface area contributed by atoms with Crippen molar-refractivity contribution in [3.63, 3.8) is 0 Å². The summed E-state index contributed by atoms with van der Waals surface area (Å²) in [6, 6.07) is 6.54. The summed E-state index contributed by atoms with van der Waals surface area (Å²) in [5.74, 6) is -1.24. The number of thioether (sulfide) groups is 1. The Bertz CT molecular complexity index is 4860. The zero-order valence-corrected chi connectivity index (χ0v) is 80.1. The number of benzene rings is 2. The third-order valence-electron chi connectivity index (χ3n) is 22.2. The first-order valence-corrected chi connectivity index (χ1v) is 52.0. The Kier molecular flexibility index (Phi) is 46.2. The number of hydrogen-bond donors (Lipinski definition) is 32. The van der Waals surface area contributed by atoms with E-state index in [0.29, 0.717) is 12.8 Å². The molecule has 0 aromatic heterocycles. The molecule has 2 aromatic rings. The molecule has 71 heteroatoms. The number of fused-ring (bicyclic) bond motifs is 1. The number of carbonyl (C=O) groups excluding carboxylic acids is 5. The molecular formula is C71H117N11O53S7. The molecule has 142 heavy (non-hydrogen) atoms. The molecule has 0 radical (unpaired) electrons. The molecule has 6 fully saturated rings. The van der Waals surface area contributed by atoms with Gasteiger partial charge in [0.05, 0.1) is 50.7 Å². The normalized spacial score (nSPS) is 29.7. The number of amides is 6. The first-order valence-electron chi connectivity index (χ1n) is 42.6. The van der Waals surface area contributed by atoms with E-state index in [4.69, 9.17) is 47.4 Å². The second-order valence-electron chi connectivity index (χ2n) is 32.6. The molecular weight excluding hydrogens is 2080 g/mol. The summed E-state index contributed by atoms with van der Waals surface area (Å²) >= 11 is 1.74. The van der Waals surface area contributed by atoms with Crippen LogP contribution in [0.15, 0.2) is 48.5 Å². The highest BCUT2D eigenvalue weighted by molar-refractivity contribution is 8.00. The number of nitrogens with zero attached hydrogens (tertiary/aromatic N) is 1. The summed E-state index contributed by atoms with van der Waals surface area (Å²) in [5, 5.41) is 197. The topological polar surface area (TPSA) is 988 Å². The average molecular weight is 2200 g/mol. The van der Waals surface area contributed by atoms with E-state index in [2.05, 4.69) is 59.3 Å². The minimum absolute atomic E-state index is 0.00277. The number of anilines is 4. The molecule has 8 rings (SSSR count). The predicted molar refractivity (Wildman–Crippen MR) is 469 cm³/mol. The quantitative estimate of drug-likeness (QED) is 0.0127. The van der Waals surface area contributed by atoms with Gasteiger partial charge in [0.1, 0.15) is 122 Å². The van der Waals surface area contributed by atoms with E-state index in [1.165, 1.54) is 58.0 Å². The molecule has 0 spiro atoms. The first-order chi connectivity index (χ1) is 66.2. The lowest BCUT2D eigenvalue weighted by atomic mass is 9.95. The van der Waals surface area contributed by atoms with Crippen LogP contribution in [0.5, 0.6) is 0 Å². The summed E-state index contributed by atoms with van der Waals surface area (Å²) in [6.45, 7) is -6.61. The van der Waals surface area contributed by atoms with E-state index < -0.39 is 304 Å². The molecule has 0 bridgehead atoms. The standard InChI is InChI=1S/C71H117N11O53S7/c1-122-57-39(27-126-139(110,111)112)128-67(47(53(57)95)80-137(104,105)106)130-59-55(97)61(134-141(116,117)118)69(132-63(59)65(99)100)124-25-37(85)51(93)49(91)35(83)23-74-30-7-5-9-32(21-30)76-44(89)14-18-82(20-17-73-43(88)13-16-72-42(87)12-4-3-11-41-46-34(29-136-41)78-71(103)79-46)19-15-45(90)77-33-10-6-8-31(22-33)75-24-36(84)50(92)52(94)38(86)26-125-70-62(135-142(119,120)121)56(98)60(64(133-70)66(101)102)131-68-48(81-138(107,108)109)54(96)58(123-2)40(129-68)28-127-140(113,114)115/h5-10,21-22,34-41,46-70,74-75,80-81,83-86,91-102H,3-4,11-20,23-29H2,1-2H3,(H,72,87)(H,73,88)(H,76,89)(H,77,90)(H2,78,79,103)(H,104,105,106)(H,107,108,109)(H,110,111,112)(H,113,114,115)(H,116,117,118)(H,119,120,121)/t34-,35?,36?,37?,38?,39?,40?,41?,46-,47?,48?,49+,50+,51-,52-,53+,54+,55-,56-,57+,58+,59+,60+,61?,62?,63?,64?,67+,68+,69-,70-/m1/s1.